The van der Waals surface area contributed by atoms with E-state index in [4.69, 9.17) is 9.26 Å². The molecular formula is C19H21FN2O3. The Hall–Kier alpha value is -2.21. The zero-order chi connectivity index (χ0) is 17.2. The minimum Gasteiger partial charge on any atom is -0.373 e. The van der Waals surface area contributed by atoms with E-state index in [1.165, 1.54) is 12.3 Å². The summed E-state index contributed by atoms with van der Waals surface area (Å²) in [6, 6.07) is 6.65. The van der Waals surface area contributed by atoms with Gasteiger partial charge in [0.1, 0.15) is 17.6 Å². The number of ether oxygens (including phenoxy) is 1. The summed E-state index contributed by atoms with van der Waals surface area (Å²) in [7, 11) is 0. The van der Waals surface area contributed by atoms with Crippen molar-refractivity contribution in [3.05, 3.63) is 53.2 Å². The molecule has 1 aromatic heterocycles. The van der Waals surface area contributed by atoms with E-state index in [0.29, 0.717) is 30.1 Å². The van der Waals surface area contributed by atoms with Gasteiger partial charge < -0.3 is 14.2 Å². The average molecular weight is 344 g/mol. The molecule has 4 rings (SSSR count). The van der Waals surface area contributed by atoms with Crippen LogP contribution in [0.4, 0.5) is 4.39 Å². The number of likely N-dealkylation sites (tertiary alicyclic amines) is 1. The highest BCUT2D eigenvalue weighted by Crippen LogP contribution is 2.41. The minimum atomic E-state index is -0.241. The third-order valence-corrected chi connectivity index (χ3v) is 4.95. The largest absolute Gasteiger partial charge is 0.373 e. The molecule has 0 atom stereocenters. The Morgan fingerprint density at radius 3 is 2.72 bits per heavy atom. The van der Waals surface area contributed by atoms with Crippen molar-refractivity contribution in [1.82, 2.24) is 10.1 Å². The van der Waals surface area contributed by atoms with E-state index < -0.39 is 0 Å². The molecule has 2 fully saturated rings. The zero-order valence-electron chi connectivity index (χ0n) is 14.0. The number of hydrogen-bond acceptors (Lipinski definition) is 4. The van der Waals surface area contributed by atoms with Gasteiger partial charge in [0, 0.05) is 24.6 Å². The van der Waals surface area contributed by atoms with Gasteiger partial charge in [0.05, 0.1) is 18.4 Å². The molecule has 5 nitrogen and oxygen atoms in total. The van der Waals surface area contributed by atoms with Crippen LogP contribution in [-0.2, 0) is 11.3 Å². The number of aromatic nitrogens is 1. The fourth-order valence-corrected chi connectivity index (χ4v) is 3.28. The molecule has 1 saturated carbocycles. The van der Waals surface area contributed by atoms with Gasteiger partial charge in [-0.2, -0.15) is 0 Å². The van der Waals surface area contributed by atoms with Crippen LogP contribution in [-0.4, -0.2) is 35.2 Å². The lowest BCUT2D eigenvalue weighted by atomic mass is 10.1. The van der Waals surface area contributed by atoms with Crippen molar-refractivity contribution in [2.75, 3.05) is 13.1 Å². The molecule has 1 saturated heterocycles. The van der Waals surface area contributed by atoms with Crippen LogP contribution in [0.5, 0.6) is 0 Å². The molecule has 0 unspecified atom stereocenters. The van der Waals surface area contributed by atoms with Crippen LogP contribution in [0.2, 0.25) is 0 Å². The summed E-state index contributed by atoms with van der Waals surface area (Å²) in [6.07, 6.45) is 5.19. The van der Waals surface area contributed by atoms with Crippen molar-refractivity contribution in [1.29, 1.82) is 0 Å². The van der Waals surface area contributed by atoms with Gasteiger partial charge in [0.15, 0.2) is 0 Å². The van der Waals surface area contributed by atoms with E-state index in [1.807, 2.05) is 4.90 Å². The minimum absolute atomic E-state index is 0.00398. The van der Waals surface area contributed by atoms with Crippen LogP contribution in [0.25, 0.3) is 0 Å². The first-order chi connectivity index (χ1) is 12.2. The number of benzene rings is 1. The SMILES string of the molecule is O=C(c1conc1C1CC1)N1CCC(OCc2ccccc2F)CC1. The standard InChI is InChI=1S/C19H21FN2O3/c20-17-4-2-1-3-14(17)11-24-15-7-9-22(10-8-15)19(23)16-12-25-21-18(16)13-5-6-13/h1-4,12-13,15H,5-11H2. The topological polar surface area (TPSA) is 55.6 Å². The molecule has 1 aliphatic heterocycles. The fourth-order valence-electron chi connectivity index (χ4n) is 3.28. The number of amides is 1. The third-order valence-electron chi connectivity index (χ3n) is 4.95. The zero-order valence-corrected chi connectivity index (χ0v) is 14.0. The molecule has 2 heterocycles. The Morgan fingerprint density at radius 1 is 1.24 bits per heavy atom. The van der Waals surface area contributed by atoms with Crippen LogP contribution in [0.15, 0.2) is 35.1 Å². The van der Waals surface area contributed by atoms with E-state index >= 15 is 0 Å². The Morgan fingerprint density at radius 2 is 2.00 bits per heavy atom. The Bertz CT molecular complexity index is 749. The van der Waals surface area contributed by atoms with Crippen LogP contribution in [0.3, 0.4) is 0 Å². The van der Waals surface area contributed by atoms with Crippen molar-refractivity contribution >= 4 is 5.91 Å². The first-order valence-corrected chi connectivity index (χ1v) is 8.81. The van der Waals surface area contributed by atoms with Crippen LogP contribution in [0, 0.1) is 5.82 Å². The summed E-state index contributed by atoms with van der Waals surface area (Å²) >= 11 is 0. The Labute approximate surface area is 145 Å². The molecule has 1 amide bonds. The molecule has 0 spiro atoms. The second-order valence-electron chi connectivity index (χ2n) is 6.78. The quantitative estimate of drug-likeness (QED) is 0.833. The van der Waals surface area contributed by atoms with E-state index in [9.17, 15) is 9.18 Å². The molecule has 0 radical (unpaired) electrons. The lowest BCUT2D eigenvalue weighted by Gasteiger charge is -2.31. The maximum absolute atomic E-state index is 13.6. The van der Waals surface area contributed by atoms with Gasteiger partial charge in [-0.3, -0.25) is 4.79 Å². The molecule has 25 heavy (non-hydrogen) atoms. The highest BCUT2D eigenvalue weighted by atomic mass is 19.1. The van der Waals surface area contributed by atoms with Gasteiger partial charge in [0.2, 0.25) is 0 Å². The van der Waals surface area contributed by atoms with E-state index in [-0.39, 0.29) is 24.4 Å². The summed E-state index contributed by atoms with van der Waals surface area (Å²) in [5.41, 5.74) is 1.98. The van der Waals surface area contributed by atoms with Gasteiger partial charge in [-0.15, -0.1) is 0 Å². The predicted molar refractivity (Wildman–Crippen MR) is 88.6 cm³/mol. The normalized spacial score (nSPS) is 18.5. The fraction of sp³-hybridized carbons (Fsp3) is 0.474. The second-order valence-corrected chi connectivity index (χ2v) is 6.78. The van der Waals surface area contributed by atoms with Gasteiger partial charge in [-0.05, 0) is 31.7 Å². The van der Waals surface area contributed by atoms with Crippen molar-refractivity contribution in [2.45, 2.75) is 44.3 Å². The molecule has 1 aromatic carbocycles. The summed E-state index contributed by atoms with van der Waals surface area (Å²) in [5, 5.41) is 4.00. The molecule has 0 N–H and O–H groups in total. The van der Waals surface area contributed by atoms with Gasteiger partial charge in [-0.1, -0.05) is 23.4 Å². The maximum atomic E-state index is 13.6. The van der Waals surface area contributed by atoms with E-state index in [0.717, 1.165) is 31.4 Å². The highest BCUT2D eigenvalue weighted by molar-refractivity contribution is 5.95. The molecule has 2 aromatic rings. The number of carbonyl (C=O) groups is 1. The van der Waals surface area contributed by atoms with Crippen molar-refractivity contribution < 1.29 is 18.4 Å². The monoisotopic (exact) mass is 344 g/mol. The maximum Gasteiger partial charge on any atom is 0.259 e. The third kappa shape index (κ3) is 3.58. The van der Waals surface area contributed by atoms with Crippen molar-refractivity contribution in [2.24, 2.45) is 0 Å². The summed E-state index contributed by atoms with van der Waals surface area (Å²) in [5.74, 6) is 0.144. The smallest absolute Gasteiger partial charge is 0.259 e. The predicted octanol–water partition coefficient (Wildman–Crippen LogP) is 3.51. The van der Waals surface area contributed by atoms with Gasteiger partial charge in [-0.25, -0.2) is 4.39 Å². The first-order valence-electron chi connectivity index (χ1n) is 8.81. The number of hydrogen-bond donors (Lipinski definition) is 0. The van der Waals surface area contributed by atoms with Crippen molar-refractivity contribution in [3.8, 4) is 0 Å². The van der Waals surface area contributed by atoms with Gasteiger partial charge in [0.25, 0.3) is 5.91 Å². The Kier molecular flexibility index (Phi) is 4.53. The molecule has 2 aliphatic rings. The molecule has 6 heteroatoms. The number of carbonyl (C=O) groups excluding carboxylic acids is 1. The molecule has 132 valence electrons. The van der Waals surface area contributed by atoms with Crippen molar-refractivity contribution in [3.63, 3.8) is 0 Å². The number of nitrogens with zero attached hydrogens (tertiary/aromatic N) is 2. The van der Waals surface area contributed by atoms with E-state index in [1.54, 1.807) is 18.2 Å². The van der Waals surface area contributed by atoms with Crippen LogP contribution < -0.4 is 0 Å². The molecule has 1 aliphatic carbocycles. The molecule has 0 bridgehead atoms. The first kappa shape index (κ1) is 16.3. The second kappa shape index (κ2) is 6.96. The summed E-state index contributed by atoms with van der Waals surface area (Å²) in [6.45, 7) is 1.54. The van der Waals surface area contributed by atoms with Crippen LogP contribution >= 0.6 is 0 Å². The lowest BCUT2D eigenvalue weighted by Crippen LogP contribution is -2.41. The Balaban J connectivity index is 1.30. The lowest BCUT2D eigenvalue weighted by molar-refractivity contribution is -0.00135. The van der Waals surface area contributed by atoms with Gasteiger partial charge >= 0.3 is 0 Å². The number of halogens is 1. The molecular weight excluding hydrogens is 323 g/mol. The average Bonchev–Trinajstić information content (AvgIpc) is 3.37. The number of rotatable bonds is 5. The van der Waals surface area contributed by atoms with Crippen LogP contribution in [0.1, 0.15) is 53.2 Å². The highest BCUT2D eigenvalue weighted by Gasteiger charge is 2.34. The van der Waals surface area contributed by atoms with E-state index in [2.05, 4.69) is 5.16 Å². The number of piperidine rings is 1. The summed E-state index contributed by atoms with van der Waals surface area (Å²) in [4.78, 5) is 14.5. The summed E-state index contributed by atoms with van der Waals surface area (Å²) < 4.78 is 24.5.